The quantitative estimate of drug-likeness (QED) is 0.375. The molecule has 0 radical (unpaired) electrons. The van der Waals surface area contributed by atoms with Crippen molar-refractivity contribution in [2.24, 2.45) is 0 Å². The zero-order chi connectivity index (χ0) is 22.3. The number of imidazole rings is 1. The van der Waals surface area contributed by atoms with E-state index in [9.17, 15) is 4.79 Å². The average molecular weight is 447 g/mol. The number of carbonyl (C=O) groups excluding carboxylic acids is 1. The molecule has 0 spiro atoms. The predicted octanol–water partition coefficient (Wildman–Crippen LogP) is 5.38. The van der Waals surface area contributed by atoms with Gasteiger partial charge in [-0.15, -0.1) is 0 Å². The zero-order valence-corrected chi connectivity index (χ0v) is 18.9. The Morgan fingerprint density at radius 1 is 1.09 bits per heavy atom. The molecule has 1 amide bonds. The number of hydrogen-bond acceptors (Lipinski definition) is 3. The number of amides is 1. The van der Waals surface area contributed by atoms with Crippen molar-refractivity contribution in [3.8, 4) is 0 Å². The second-order valence-electron chi connectivity index (χ2n) is 7.86. The van der Waals surface area contributed by atoms with E-state index in [-0.39, 0.29) is 11.9 Å². The molecule has 0 saturated heterocycles. The third-order valence-corrected chi connectivity index (χ3v) is 5.74. The van der Waals surface area contributed by atoms with E-state index >= 15 is 0 Å². The number of nitrogens with zero attached hydrogens (tertiary/aromatic N) is 3. The van der Waals surface area contributed by atoms with Gasteiger partial charge in [-0.3, -0.25) is 9.78 Å². The molecule has 1 N–H and O–H groups in total. The molecule has 5 nitrogen and oxygen atoms in total. The number of fused-ring (bicyclic) bond motifs is 1. The summed E-state index contributed by atoms with van der Waals surface area (Å²) in [6.07, 6.45) is 4.71. The van der Waals surface area contributed by atoms with Crippen LogP contribution >= 0.6 is 11.6 Å². The Hall–Kier alpha value is -3.18. The average Bonchev–Trinajstić information content (AvgIpc) is 3.15. The van der Waals surface area contributed by atoms with Gasteiger partial charge in [0, 0.05) is 36.3 Å². The van der Waals surface area contributed by atoms with Crippen LogP contribution in [-0.2, 0) is 17.6 Å². The highest BCUT2D eigenvalue weighted by Crippen LogP contribution is 2.27. The number of rotatable bonds is 9. The van der Waals surface area contributed by atoms with E-state index in [0.717, 1.165) is 41.0 Å². The minimum Gasteiger partial charge on any atom is -0.354 e. The SMILES string of the molecule is CCCC(C(=O)NCCc1ccccn1)n1c(Cc2cccc(Cl)c2)nc2ccccc21. The van der Waals surface area contributed by atoms with E-state index in [0.29, 0.717) is 24.4 Å². The van der Waals surface area contributed by atoms with Gasteiger partial charge in [0.25, 0.3) is 0 Å². The van der Waals surface area contributed by atoms with Crippen LogP contribution in [0.2, 0.25) is 5.02 Å². The summed E-state index contributed by atoms with van der Waals surface area (Å²) in [5.74, 6) is 0.880. The normalized spacial score (nSPS) is 12.1. The van der Waals surface area contributed by atoms with Gasteiger partial charge in [0.15, 0.2) is 0 Å². The summed E-state index contributed by atoms with van der Waals surface area (Å²) in [6, 6.07) is 21.3. The fourth-order valence-corrected chi connectivity index (χ4v) is 4.24. The lowest BCUT2D eigenvalue weighted by molar-refractivity contribution is -0.124. The van der Waals surface area contributed by atoms with Crippen molar-refractivity contribution in [1.29, 1.82) is 0 Å². The Labute approximate surface area is 193 Å². The Balaban J connectivity index is 1.62. The molecule has 0 aliphatic carbocycles. The molecule has 1 atom stereocenters. The minimum absolute atomic E-state index is 0.0123. The van der Waals surface area contributed by atoms with Crippen molar-refractivity contribution >= 4 is 28.5 Å². The first-order chi connectivity index (χ1) is 15.7. The monoisotopic (exact) mass is 446 g/mol. The van der Waals surface area contributed by atoms with Crippen LogP contribution in [0.5, 0.6) is 0 Å². The van der Waals surface area contributed by atoms with Gasteiger partial charge in [0.1, 0.15) is 11.9 Å². The Kier molecular flexibility index (Phi) is 7.17. The molecule has 0 fully saturated rings. The third-order valence-electron chi connectivity index (χ3n) is 5.50. The first-order valence-corrected chi connectivity index (χ1v) is 11.4. The summed E-state index contributed by atoms with van der Waals surface area (Å²) >= 11 is 6.20. The first kappa shape index (κ1) is 22.0. The fraction of sp³-hybridized carbons (Fsp3) is 0.269. The molecule has 32 heavy (non-hydrogen) atoms. The van der Waals surface area contributed by atoms with Crippen molar-refractivity contribution in [1.82, 2.24) is 19.9 Å². The molecule has 0 aliphatic rings. The van der Waals surface area contributed by atoms with E-state index in [1.807, 2.05) is 66.7 Å². The van der Waals surface area contributed by atoms with E-state index in [1.54, 1.807) is 6.20 Å². The predicted molar refractivity (Wildman–Crippen MR) is 129 cm³/mol. The number of carbonyl (C=O) groups is 1. The highest BCUT2D eigenvalue weighted by molar-refractivity contribution is 6.30. The Morgan fingerprint density at radius 2 is 1.94 bits per heavy atom. The first-order valence-electron chi connectivity index (χ1n) is 11.0. The van der Waals surface area contributed by atoms with Crippen LogP contribution in [0, 0.1) is 0 Å². The van der Waals surface area contributed by atoms with Gasteiger partial charge in [-0.05, 0) is 48.4 Å². The summed E-state index contributed by atoms with van der Waals surface area (Å²) in [5, 5.41) is 3.82. The van der Waals surface area contributed by atoms with E-state index in [4.69, 9.17) is 16.6 Å². The molecule has 1 unspecified atom stereocenters. The topological polar surface area (TPSA) is 59.8 Å². The van der Waals surface area contributed by atoms with E-state index in [2.05, 4.69) is 21.8 Å². The lowest BCUT2D eigenvalue weighted by atomic mass is 10.1. The molecule has 2 aromatic carbocycles. The molecule has 4 aromatic rings. The summed E-state index contributed by atoms with van der Waals surface area (Å²) in [6.45, 7) is 2.65. The number of halogens is 1. The summed E-state index contributed by atoms with van der Waals surface area (Å²) in [4.78, 5) is 22.5. The summed E-state index contributed by atoms with van der Waals surface area (Å²) < 4.78 is 2.11. The van der Waals surface area contributed by atoms with Gasteiger partial charge < -0.3 is 9.88 Å². The van der Waals surface area contributed by atoms with Crippen LogP contribution in [0.1, 0.15) is 42.9 Å². The van der Waals surface area contributed by atoms with Crippen LogP contribution in [-0.4, -0.2) is 27.0 Å². The molecule has 2 heterocycles. The standard InChI is InChI=1S/C26H27ClN4O/c1-2-8-24(26(32)29-16-14-21-11-5-6-15-28-21)31-23-13-4-3-12-22(23)30-25(31)18-19-9-7-10-20(27)17-19/h3-7,9-13,15,17,24H,2,8,14,16,18H2,1H3,(H,29,32). The maximum Gasteiger partial charge on any atom is 0.243 e. The number of para-hydroxylation sites is 2. The number of pyridine rings is 1. The fourth-order valence-electron chi connectivity index (χ4n) is 4.02. The lowest BCUT2D eigenvalue weighted by Gasteiger charge is -2.21. The van der Waals surface area contributed by atoms with E-state index in [1.165, 1.54) is 0 Å². The van der Waals surface area contributed by atoms with Crippen LogP contribution in [0.4, 0.5) is 0 Å². The smallest absolute Gasteiger partial charge is 0.243 e. The third kappa shape index (κ3) is 5.17. The summed E-state index contributed by atoms with van der Waals surface area (Å²) in [5.41, 5.74) is 3.91. The molecule has 0 aliphatic heterocycles. The van der Waals surface area contributed by atoms with Gasteiger partial charge in [0.05, 0.1) is 11.0 Å². The van der Waals surface area contributed by atoms with Crippen molar-refractivity contribution in [3.05, 3.63) is 95.0 Å². The zero-order valence-electron chi connectivity index (χ0n) is 18.2. The van der Waals surface area contributed by atoms with Gasteiger partial charge in [-0.2, -0.15) is 0 Å². The number of hydrogen-bond donors (Lipinski definition) is 1. The second-order valence-corrected chi connectivity index (χ2v) is 8.30. The van der Waals surface area contributed by atoms with Crippen molar-refractivity contribution in [2.45, 2.75) is 38.6 Å². The van der Waals surface area contributed by atoms with Gasteiger partial charge in [0.2, 0.25) is 5.91 Å². The minimum atomic E-state index is -0.328. The number of benzene rings is 2. The molecule has 0 bridgehead atoms. The maximum absolute atomic E-state index is 13.3. The van der Waals surface area contributed by atoms with Crippen LogP contribution in [0.3, 0.4) is 0 Å². The summed E-state index contributed by atoms with van der Waals surface area (Å²) in [7, 11) is 0. The highest BCUT2D eigenvalue weighted by atomic mass is 35.5. The lowest BCUT2D eigenvalue weighted by Crippen LogP contribution is -2.34. The largest absolute Gasteiger partial charge is 0.354 e. The van der Waals surface area contributed by atoms with Gasteiger partial charge in [-0.1, -0.05) is 55.3 Å². The van der Waals surface area contributed by atoms with E-state index < -0.39 is 0 Å². The Bertz CT molecular complexity index is 1190. The Morgan fingerprint density at radius 3 is 2.72 bits per heavy atom. The molecule has 4 rings (SSSR count). The van der Waals surface area contributed by atoms with Crippen molar-refractivity contribution in [2.75, 3.05) is 6.54 Å². The van der Waals surface area contributed by atoms with Crippen molar-refractivity contribution < 1.29 is 4.79 Å². The molecule has 0 saturated carbocycles. The van der Waals surface area contributed by atoms with Crippen molar-refractivity contribution in [3.63, 3.8) is 0 Å². The molecule has 6 heteroatoms. The van der Waals surface area contributed by atoms with Gasteiger partial charge >= 0.3 is 0 Å². The number of aromatic nitrogens is 3. The molecule has 2 aromatic heterocycles. The molecule has 164 valence electrons. The highest BCUT2D eigenvalue weighted by Gasteiger charge is 2.25. The van der Waals surface area contributed by atoms with Crippen LogP contribution in [0.15, 0.2) is 72.9 Å². The maximum atomic E-state index is 13.3. The van der Waals surface area contributed by atoms with Crippen LogP contribution < -0.4 is 5.32 Å². The molecular weight excluding hydrogens is 420 g/mol. The number of nitrogens with one attached hydrogen (secondary N) is 1. The van der Waals surface area contributed by atoms with Crippen LogP contribution in [0.25, 0.3) is 11.0 Å². The van der Waals surface area contributed by atoms with Gasteiger partial charge in [-0.25, -0.2) is 4.98 Å². The molecular formula is C26H27ClN4O. The second kappa shape index (κ2) is 10.4.